The molecule has 0 saturated heterocycles. The SMILES string of the molecule is Cc1nnc2n1CC(C(=O)O)N(C(=O)CC1CCCC(C)C1)C2. The molecule has 3 rings (SSSR count). The zero-order valence-corrected chi connectivity index (χ0v) is 13.7. The van der Waals surface area contributed by atoms with Gasteiger partial charge in [-0.1, -0.05) is 19.8 Å². The number of fused-ring (bicyclic) bond motifs is 1. The summed E-state index contributed by atoms with van der Waals surface area (Å²) in [6, 6.07) is -0.828. The second kappa shape index (κ2) is 6.29. The van der Waals surface area contributed by atoms with Crippen LogP contribution >= 0.6 is 0 Å². The van der Waals surface area contributed by atoms with Crippen molar-refractivity contribution in [3.05, 3.63) is 11.6 Å². The number of amides is 1. The van der Waals surface area contributed by atoms with E-state index in [1.54, 1.807) is 11.5 Å². The van der Waals surface area contributed by atoms with Crippen LogP contribution in [0.5, 0.6) is 0 Å². The second-order valence-electron chi connectivity index (χ2n) is 6.99. The smallest absolute Gasteiger partial charge is 0.328 e. The van der Waals surface area contributed by atoms with Gasteiger partial charge in [-0.05, 0) is 31.6 Å². The van der Waals surface area contributed by atoms with Crippen LogP contribution in [0.3, 0.4) is 0 Å². The first kappa shape index (κ1) is 16.0. The highest BCUT2D eigenvalue weighted by Gasteiger charge is 2.37. The Morgan fingerprint density at radius 3 is 2.78 bits per heavy atom. The summed E-state index contributed by atoms with van der Waals surface area (Å²) < 4.78 is 1.80. The minimum absolute atomic E-state index is 0.0663. The van der Waals surface area contributed by atoms with Crippen molar-refractivity contribution in [2.45, 2.75) is 65.1 Å². The Balaban J connectivity index is 1.74. The van der Waals surface area contributed by atoms with E-state index in [-0.39, 0.29) is 19.0 Å². The van der Waals surface area contributed by atoms with Crippen LogP contribution in [0.2, 0.25) is 0 Å². The molecule has 1 N–H and O–H groups in total. The largest absolute Gasteiger partial charge is 0.480 e. The van der Waals surface area contributed by atoms with Crippen LogP contribution in [0.4, 0.5) is 0 Å². The molecule has 2 aliphatic rings. The van der Waals surface area contributed by atoms with Gasteiger partial charge in [0.15, 0.2) is 5.82 Å². The zero-order valence-electron chi connectivity index (χ0n) is 13.7. The summed E-state index contributed by atoms with van der Waals surface area (Å²) in [6.45, 7) is 4.49. The number of hydrogen-bond acceptors (Lipinski definition) is 4. The number of carboxylic acids is 1. The van der Waals surface area contributed by atoms with Crippen LogP contribution in [-0.4, -0.2) is 42.7 Å². The number of hydrogen-bond donors (Lipinski definition) is 1. The molecule has 0 aromatic carbocycles. The van der Waals surface area contributed by atoms with Gasteiger partial charge >= 0.3 is 5.97 Å². The summed E-state index contributed by atoms with van der Waals surface area (Å²) in [5.74, 6) is 1.37. The molecule has 7 heteroatoms. The van der Waals surface area contributed by atoms with E-state index in [1.807, 2.05) is 0 Å². The van der Waals surface area contributed by atoms with Crippen LogP contribution < -0.4 is 0 Å². The van der Waals surface area contributed by atoms with Gasteiger partial charge in [0.05, 0.1) is 13.1 Å². The fraction of sp³-hybridized carbons (Fsp3) is 0.750. The maximum atomic E-state index is 12.7. The number of rotatable bonds is 3. The molecule has 1 amide bonds. The number of aromatic nitrogens is 3. The van der Waals surface area contributed by atoms with Crippen molar-refractivity contribution in [1.29, 1.82) is 0 Å². The highest BCUT2D eigenvalue weighted by atomic mass is 16.4. The van der Waals surface area contributed by atoms with E-state index in [2.05, 4.69) is 17.1 Å². The predicted octanol–water partition coefficient (Wildman–Crippen LogP) is 1.60. The number of aryl methyl sites for hydroxylation is 1. The normalized spacial score (nSPS) is 27.6. The lowest BCUT2D eigenvalue weighted by Gasteiger charge is -2.35. The lowest BCUT2D eigenvalue weighted by atomic mass is 9.80. The van der Waals surface area contributed by atoms with E-state index in [9.17, 15) is 14.7 Å². The highest BCUT2D eigenvalue weighted by molar-refractivity contribution is 5.84. The Kier molecular flexibility index (Phi) is 4.37. The van der Waals surface area contributed by atoms with Crippen molar-refractivity contribution in [2.75, 3.05) is 0 Å². The molecule has 1 aliphatic heterocycles. The predicted molar refractivity (Wildman–Crippen MR) is 82.5 cm³/mol. The van der Waals surface area contributed by atoms with E-state index in [0.29, 0.717) is 29.9 Å². The van der Waals surface area contributed by atoms with E-state index in [0.717, 1.165) is 19.3 Å². The monoisotopic (exact) mass is 320 g/mol. The Bertz CT molecular complexity index is 612. The first-order chi connectivity index (χ1) is 11.0. The highest BCUT2D eigenvalue weighted by Crippen LogP contribution is 2.32. The summed E-state index contributed by atoms with van der Waals surface area (Å²) in [6.07, 6.45) is 4.97. The second-order valence-corrected chi connectivity index (χ2v) is 6.99. The average Bonchev–Trinajstić information content (AvgIpc) is 2.87. The van der Waals surface area contributed by atoms with Gasteiger partial charge in [0, 0.05) is 6.42 Å². The topological polar surface area (TPSA) is 88.3 Å². The van der Waals surface area contributed by atoms with Gasteiger partial charge < -0.3 is 14.6 Å². The fourth-order valence-electron chi connectivity index (χ4n) is 3.90. The third-order valence-corrected chi connectivity index (χ3v) is 5.17. The molecule has 0 radical (unpaired) electrons. The molecule has 0 spiro atoms. The van der Waals surface area contributed by atoms with Crippen LogP contribution in [-0.2, 0) is 22.7 Å². The Morgan fingerprint density at radius 2 is 2.09 bits per heavy atom. The van der Waals surface area contributed by atoms with Gasteiger partial charge in [0.2, 0.25) is 5.91 Å². The molecule has 3 atom stereocenters. The van der Waals surface area contributed by atoms with Gasteiger partial charge in [-0.2, -0.15) is 0 Å². The van der Waals surface area contributed by atoms with Gasteiger partial charge in [-0.25, -0.2) is 4.79 Å². The van der Waals surface area contributed by atoms with Crippen molar-refractivity contribution in [3.63, 3.8) is 0 Å². The van der Waals surface area contributed by atoms with Gasteiger partial charge in [-0.15, -0.1) is 10.2 Å². The molecule has 2 heterocycles. The van der Waals surface area contributed by atoms with Crippen LogP contribution in [0.1, 0.15) is 50.7 Å². The minimum atomic E-state index is -0.964. The third kappa shape index (κ3) is 3.23. The van der Waals surface area contributed by atoms with Gasteiger partial charge in [0.25, 0.3) is 0 Å². The van der Waals surface area contributed by atoms with Crippen LogP contribution in [0, 0.1) is 18.8 Å². The number of carbonyl (C=O) groups is 2. The quantitative estimate of drug-likeness (QED) is 0.914. The average molecular weight is 320 g/mol. The van der Waals surface area contributed by atoms with Gasteiger partial charge in [-0.3, -0.25) is 4.79 Å². The van der Waals surface area contributed by atoms with Crippen LogP contribution in [0.15, 0.2) is 0 Å². The van der Waals surface area contributed by atoms with Crippen molar-refractivity contribution >= 4 is 11.9 Å². The van der Waals surface area contributed by atoms with Crippen molar-refractivity contribution < 1.29 is 14.7 Å². The van der Waals surface area contributed by atoms with E-state index < -0.39 is 12.0 Å². The molecule has 1 aliphatic carbocycles. The molecular formula is C16H24N4O3. The molecule has 23 heavy (non-hydrogen) atoms. The molecule has 1 aromatic heterocycles. The molecule has 1 fully saturated rings. The summed E-state index contributed by atoms with van der Waals surface area (Å²) in [5.41, 5.74) is 0. The number of carboxylic acid groups (broad SMARTS) is 1. The first-order valence-corrected chi connectivity index (χ1v) is 8.36. The lowest BCUT2D eigenvalue weighted by Crippen LogP contribution is -2.51. The third-order valence-electron chi connectivity index (χ3n) is 5.17. The lowest BCUT2D eigenvalue weighted by molar-refractivity contribution is -0.153. The van der Waals surface area contributed by atoms with E-state index in [1.165, 1.54) is 11.3 Å². The zero-order chi connectivity index (χ0) is 16.6. The molecular weight excluding hydrogens is 296 g/mol. The van der Waals surface area contributed by atoms with Gasteiger partial charge in [0.1, 0.15) is 11.9 Å². The van der Waals surface area contributed by atoms with E-state index in [4.69, 9.17) is 0 Å². The maximum Gasteiger partial charge on any atom is 0.328 e. The maximum absolute atomic E-state index is 12.7. The summed E-state index contributed by atoms with van der Waals surface area (Å²) >= 11 is 0. The Morgan fingerprint density at radius 1 is 1.30 bits per heavy atom. The number of aliphatic carboxylic acids is 1. The number of carbonyl (C=O) groups excluding carboxylic acids is 1. The Labute approximate surface area is 135 Å². The Hall–Kier alpha value is -1.92. The summed E-state index contributed by atoms with van der Waals surface area (Å²) in [7, 11) is 0. The summed E-state index contributed by atoms with van der Waals surface area (Å²) in [4.78, 5) is 25.8. The van der Waals surface area contributed by atoms with Crippen LogP contribution in [0.25, 0.3) is 0 Å². The molecule has 3 unspecified atom stereocenters. The first-order valence-electron chi connectivity index (χ1n) is 8.36. The number of nitrogens with zero attached hydrogens (tertiary/aromatic N) is 4. The van der Waals surface area contributed by atoms with Crippen molar-refractivity contribution in [1.82, 2.24) is 19.7 Å². The summed E-state index contributed by atoms with van der Waals surface area (Å²) in [5, 5.41) is 17.6. The minimum Gasteiger partial charge on any atom is -0.480 e. The standard InChI is InChI=1S/C16H24N4O3/c1-10-4-3-5-12(6-10)7-15(21)20-9-14-18-17-11(2)19(14)8-13(20)16(22)23/h10,12-13H,3-9H2,1-2H3,(H,22,23). The fourth-order valence-corrected chi connectivity index (χ4v) is 3.90. The molecule has 126 valence electrons. The molecule has 0 bridgehead atoms. The van der Waals surface area contributed by atoms with Crippen molar-refractivity contribution in [3.8, 4) is 0 Å². The van der Waals surface area contributed by atoms with Crippen molar-refractivity contribution in [2.24, 2.45) is 11.8 Å². The molecule has 7 nitrogen and oxygen atoms in total. The molecule has 1 saturated carbocycles. The molecule has 1 aromatic rings. The van der Waals surface area contributed by atoms with E-state index >= 15 is 0 Å².